The number of nitrogens with two attached hydrogens (primary N) is 1. The van der Waals surface area contributed by atoms with Gasteiger partial charge in [0.25, 0.3) is 0 Å². The summed E-state index contributed by atoms with van der Waals surface area (Å²) in [4.78, 5) is 2.39. The normalized spacial score (nSPS) is 24.1. The van der Waals surface area contributed by atoms with E-state index in [1.807, 2.05) is 0 Å². The SMILES string of the molecule is CC(N)C(c1ccc(Br)cc1)N1CCCCC1CO. The second-order valence-corrected chi connectivity index (χ2v) is 6.34. The van der Waals surface area contributed by atoms with Gasteiger partial charge in [0.05, 0.1) is 6.61 Å². The van der Waals surface area contributed by atoms with Gasteiger partial charge in [0, 0.05) is 22.6 Å². The summed E-state index contributed by atoms with van der Waals surface area (Å²) in [6.07, 6.45) is 3.46. The van der Waals surface area contributed by atoms with Gasteiger partial charge in [-0.15, -0.1) is 0 Å². The molecule has 1 aromatic carbocycles. The minimum absolute atomic E-state index is 0.0494. The summed E-state index contributed by atoms with van der Waals surface area (Å²) in [5.41, 5.74) is 7.45. The molecule has 3 atom stereocenters. The molecule has 2 rings (SSSR count). The predicted octanol–water partition coefficient (Wildman–Crippen LogP) is 2.68. The molecule has 0 radical (unpaired) electrons. The van der Waals surface area contributed by atoms with Crippen LogP contribution in [0.3, 0.4) is 0 Å². The van der Waals surface area contributed by atoms with Gasteiger partial charge in [-0.2, -0.15) is 0 Å². The van der Waals surface area contributed by atoms with E-state index in [2.05, 4.69) is 52.0 Å². The van der Waals surface area contributed by atoms with E-state index in [1.165, 1.54) is 18.4 Å². The molecule has 3 nitrogen and oxygen atoms in total. The van der Waals surface area contributed by atoms with Gasteiger partial charge in [0.2, 0.25) is 0 Å². The highest BCUT2D eigenvalue weighted by Gasteiger charge is 2.31. The van der Waals surface area contributed by atoms with Crippen molar-refractivity contribution in [3.63, 3.8) is 0 Å². The minimum atomic E-state index is 0.0494. The first kappa shape index (κ1) is 15.0. The van der Waals surface area contributed by atoms with Gasteiger partial charge < -0.3 is 10.8 Å². The van der Waals surface area contributed by atoms with Crippen molar-refractivity contribution in [1.29, 1.82) is 0 Å². The molecule has 3 unspecified atom stereocenters. The molecule has 0 bridgehead atoms. The van der Waals surface area contributed by atoms with Crippen LogP contribution in [-0.2, 0) is 0 Å². The Morgan fingerprint density at radius 1 is 1.37 bits per heavy atom. The van der Waals surface area contributed by atoms with Gasteiger partial charge in [-0.3, -0.25) is 4.90 Å². The molecule has 1 aromatic rings. The monoisotopic (exact) mass is 326 g/mol. The zero-order valence-corrected chi connectivity index (χ0v) is 13.0. The highest BCUT2D eigenvalue weighted by atomic mass is 79.9. The molecule has 0 saturated carbocycles. The molecule has 1 aliphatic heterocycles. The Morgan fingerprint density at radius 2 is 2.05 bits per heavy atom. The number of halogens is 1. The van der Waals surface area contributed by atoms with E-state index < -0.39 is 0 Å². The molecule has 1 fully saturated rings. The molecule has 1 aliphatic rings. The van der Waals surface area contributed by atoms with Gasteiger partial charge in [-0.1, -0.05) is 34.5 Å². The average Bonchev–Trinajstić information content (AvgIpc) is 2.41. The van der Waals surface area contributed by atoms with Crippen molar-refractivity contribution in [1.82, 2.24) is 4.90 Å². The summed E-state index contributed by atoms with van der Waals surface area (Å²) in [6.45, 7) is 3.29. The molecule has 0 aliphatic carbocycles. The Balaban J connectivity index is 2.25. The van der Waals surface area contributed by atoms with Crippen LogP contribution in [0.15, 0.2) is 28.7 Å². The van der Waals surface area contributed by atoms with Crippen LogP contribution in [0.25, 0.3) is 0 Å². The zero-order valence-electron chi connectivity index (χ0n) is 11.4. The van der Waals surface area contributed by atoms with Gasteiger partial charge in [-0.25, -0.2) is 0 Å². The first-order chi connectivity index (χ1) is 9.13. The third-order valence-electron chi connectivity index (χ3n) is 3.95. The van der Waals surface area contributed by atoms with E-state index >= 15 is 0 Å². The van der Waals surface area contributed by atoms with Gasteiger partial charge in [-0.05, 0) is 44.0 Å². The number of aliphatic hydroxyl groups excluding tert-OH is 1. The molecular formula is C15H23BrN2O. The lowest BCUT2D eigenvalue weighted by Crippen LogP contribution is -2.49. The first-order valence-corrected chi connectivity index (χ1v) is 7.80. The van der Waals surface area contributed by atoms with Crippen molar-refractivity contribution in [2.24, 2.45) is 5.73 Å². The first-order valence-electron chi connectivity index (χ1n) is 7.01. The van der Waals surface area contributed by atoms with E-state index in [-0.39, 0.29) is 24.7 Å². The standard InChI is InChI=1S/C15H23BrN2O/c1-11(17)15(12-5-7-13(16)8-6-12)18-9-3-2-4-14(18)10-19/h5-8,11,14-15,19H,2-4,9-10,17H2,1H3. The largest absolute Gasteiger partial charge is 0.395 e. The number of likely N-dealkylation sites (tertiary alicyclic amines) is 1. The molecule has 0 amide bonds. The van der Waals surface area contributed by atoms with Crippen molar-refractivity contribution < 1.29 is 5.11 Å². The fourth-order valence-corrected chi connectivity index (χ4v) is 3.31. The lowest BCUT2D eigenvalue weighted by atomic mass is 9.93. The number of benzene rings is 1. The number of hydrogen-bond donors (Lipinski definition) is 2. The van der Waals surface area contributed by atoms with Crippen LogP contribution in [-0.4, -0.2) is 35.2 Å². The van der Waals surface area contributed by atoms with E-state index in [0.29, 0.717) is 0 Å². The number of piperidine rings is 1. The summed E-state index contributed by atoms with van der Waals surface area (Å²) in [7, 11) is 0. The Hall–Kier alpha value is -0.420. The fraction of sp³-hybridized carbons (Fsp3) is 0.600. The Kier molecular flexibility index (Phi) is 5.39. The molecule has 4 heteroatoms. The van der Waals surface area contributed by atoms with Crippen molar-refractivity contribution in [3.8, 4) is 0 Å². The van der Waals surface area contributed by atoms with Gasteiger partial charge in [0.1, 0.15) is 0 Å². The lowest BCUT2D eigenvalue weighted by Gasteiger charge is -2.42. The van der Waals surface area contributed by atoms with E-state index in [9.17, 15) is 5.11 Å². The molecular weight excluding hydrogens is 304 g/mol. The summed E-state index contributed by atoms with van der Waals surface area (Å²) in [5, 5.41) is 9.59. The van der Waals surface area contributed by atoms with Crippen molar-refractivity contribution in [2.45, 2.75) is 44.3 Å². The van der Waals surface area contributed by atoms with Gasteiger partial charge in [0.15, 0.2) is 0 Å². The Bertz CT molecular complexity index is 394. The van der Waals surface area contributed by atoms with E-state index in [1.54, 1.807) is 0 Å². The maximum atomic E-state index is 9.59. The smallest absolute Gasteiger partial charge is 0.0587 e. The van der Waals surface area contributed by atoms with Crippen molar-refractivity contribution in [3.05, 3.63) is 34.3 Å². The van der Waals surface area contributed by atoms with Crippen LogP contribution in [0.5, 0.6) is 0 Å². The number of hydrogen-bond acceptors (Lipinski definition) is 3. The molecule has 106 valence electrons. The molecule has 1 heterocycles. The maximum Gasteiger partial charge on any atom is 0.0587 e. The highest BCUT2D eigenvalue weighted by molar-refractivity contribution is 9.10. The Labute approximate surface area is 123 Å². The lowest BCUT2D eigenvalue weighted by molar-refractivity contribution is 0.0444. The molecule has 1 saturated heterocycles. The quantitative estimate of drug-likeness (QED) is 0.894. The molecule has 3 N–H and O–H groups in total. The topological polar surface area (TPSA) is 49.5 Å². The van der Waals surface area contributed by atoms with Crippen molar-refractivity contribution in [2.75, 3.05) is 13.2 Å². The average molecular weight is 327 g/mol. The van der Waals surface area contributed by atoms with Crippen molar-refractivity contribution >= 4 is 15.9 Å². The summed E-state index contributed by atoms with van der Waals surface area (Å²) < 4.78 is 1.08. The third kappa shape index (κ3) is 3.57. The van der Waals surface area contributed by atoms with E-state index in [0.717, 1.165) is 17.4 Å². The second-order valence-electron chi connectivity index (χ2n) is 5.43. The van der Waals surface area contributed by atoms with Crippen LogP contribution in [0.1, 0.15) is 37.8 Å². The van der Waals surface area contributed by atoms with Crippen LogP contribution < -0.4 is 5.73 Å². The molecule has 0 spiro atoms. The van der Waals surface area contributed by atoms with Crippen LogP contribution in [0.2, 0.25) is 0 Å². The van der Waals surface area contributed by atoms with Crippen LogP contribution in [0, 0.1) is 0 Å². The van der Waals surface area contributed by atoms with Crippen LogP contribution >= 0.6 is 15.9 Å². The summed E-state index contributed by atoms with van der Waals surface area (Å²) >= 11 is 3.47. The second kappa shape index (κ2) is 6.84. The minimum Gasteiger partial charge on any atom is -0.395 e. The predicted molar refractivity (Wildman–Crippen MR) is 82.0 cm³/mol. The Morgan fingerprint density at radius 3 is 2.63 bits per heavy atom. The number of rotatable bonds is 4. The number of aliphatic hydroxyl groups is 1. The third-order valence-corrected chi connectivity index (χ3v) is 4.48. The molecule has 19 heavy (non-hydrogen) atoms. The fourth-order valence-electron chi connectivity index (χ4n) is 3.04. The molecule has 0 aromatic heterocycles. The maximum absolute atomic E-state index is 9.59. The van der Waals surface area contributed by atoms with E-state index in [4.69, 9.17) is 5.73 Å². The van der Waals surface area contributed by atoms with Crippen LogP contribution in [0.4, 0.5) is 0 Å². The summed E-state index contributed by atoms with van der Waals surface area (Å²) in [5.74, 6) is 0. The zero-order chi connectivity index (χ0) is 13.8. The number of nitrogens with zero attached hydrogens (tertiary/aromatic N) is 1. The highest BCUT2D eigenvalue weighted by Crippen LogP contribution is 2.31. The summed E-state index contributed by atoms with van der Waals surface area (Å²) in [6, 6.07) is 8.85. The van der Waals surface area contributed by atoms with Gasteiger partial charge >= 0.3 is 0 Å².